The van der Waals surface area contributed by atoms with Crippen molar-refractivity contribution in [2.24, 2.45) is 0 Å². The first-order valence-electron chi connectivity index (χ1n) is 6.90. The van der Waals surface area contributed by atoms with Crippen LogP contribution in [-0.2, 0) is 0 Å². The normalized spacial score (nSPS) is 10.0. The molecule has 2 N–H and O–H groups in total. The lowest BCUT2D eigenvalue weighted by Gasteiger charge is -2.12. The molecule has 0 unspecified atom stereocenters. The number of nitrogens with zero attached hydrogens (tertiary/aromatic N) is 1. The Labute approximate surface area is 159 Å². The molecule has 126 valence electrons. The van der Waals surface area contributed by atoms with Crippen LogP contribution in [0.15, 0.2) is 30.5 Å². The van der Waals surface area contributed by atoms with E-state index in [1.807, 2.05) is 13.0 Å². The topological polar surface area (TPSA) is 72.5 Å². The molecule has 0 saturated heterocycles. The van der Waals surface area contributed by atoms with E-state index in [0.717, 1.165) is 9.13 Å². The maximum atomic E-state index is 12.3. The Morgan fingerprint density at radius 1 is 1.17 bits per heavy atom. The smallest absolute Gasteiger partial charge is 0.257 e. The van der Waals surface area contributed by atoms with Crippen molar-refractivity contribution in [3.05, 3.63) is 45.2 Å². The number of methoxy groups -OCH3 is 2. The highest BCUT2D eigenvalue weighted by atomic mass is 127. The van der Waals surface area contributed by atoms with E-state index in [9.17, 15) is 4.79 Å². The lowest BCUT2D eigenvalue weighted by atomic mass is 10.2. The van der Waals surface area contributed by atoms with E-state index in [1.165, 1.54) is 14.2 Å². The molecule has 6 nitrogen and oxygen atoms in total. The van der Waals surface area contributed by atoms with Crippen molar-refractivity contribution in [3.63, 3.8) is 0 Å². The quantitative estimate of drug-likeness (QED) is 0.543. The van der Waals surface area contributed by atoms with Crippen LogP contribution in [0.2, 0.25) is 0 Å². The molecule has 0 spiro atoms. The number of aryl methyl sites for hydroxylation is 1. The van der Waals surface area contributed by atoms with Crippen molar-refractivity contribution in [1.82, 2.24) is 10.3 Å². The van der Waals surface area contributed by atoms with Gasteiger partial charge in [-0.15, -0.1) is 0 Å². The number of anilines is 1. The third kappa shape index (κ3) is 4.78. The SMILES string of the molecule is COc1cc(OC)cc(C(=O)NC(=S)Nc2ncc(I)cc2C)c1. The summed E-state index contributed by atoms with van der Waals surface area (Å²) in [4.78, 5) is 16.6. The third-order valence-corrected chi connectivity index (χ3v) is 3.91. The van der Waals surface area contributed by atoms with Crippen LogP contribution in [0.4, 0.5) is 5.82 Å². The second kappa shape index (κ2) is 8.25. The zero-order valence-electron chi connectivity index (χ0n) is 13.3. The minimum absolute atomic E-state index is 0.165. The summed E-state index contributed by atoms with van der Waals surface area (Å²) in [7, 11) is 3.04. The van der Waals surface area contributed by atoms with Gasteiger partial charge in [0, 0.05) is 21.4 Å². The molecule has 8 heteroatoms. The number of nitrogens with one attached hydrogen (secondary N) is 2. The molecule has 0 saturated carbocycles. The van der Waals surface area contributed by atoms with Crippen LogP contribution in [0.5, 0.6) is 11.5 Å². The number of rotatable bonds is 4. The molecule has 1 heterocycles. The van der Waals surface area contributed by atoms with Crippen molar-refractivity contribution >= 4 is 51.6 Å². The molecular formula is C16H16IN3O3S. The molecule has 0 atom stereocenters. The van der Waals surface area contributed by atoms with E-state index in [2.05, 4.69) is 38.2 Å². The van der Waals surface area contributed by atoms with Crippen LogP contribution in [0.3, 0.4) is 0 Å². The maximum absolute atomic E-state index is 12.3. The Hall–Kier alpha value is -1.94. The summed E-state index contributed by atoms with van der Waals surface area (Å²) in [6.45, 7) is 1.91. The number of hydrogen-bond donors (Lipinski definition) is 2. The fourth-order valence-electron chi connectivity index (χ4n) is 1.92. The number of halogens is 1. The molecule has 24 heavy (non-hydrogen) atoms. The van der Waals surface area contributed by atoms with E-state index >= 15 is 0 Å². The number of pyridine rings is 1. The Bertz CT molecular complexity index is 761. The minimum Gasteiger partial charge on any atom is -0.497 e. The highest BCUT2D eigenvalue weighted by Gasteiger charge is 2.12. The van der Waals surface area contributed by atoms with Gasteiger partial charge >= 0.3 is 0 Å². The molecule has 0 aliphatic carbocycles. The van der Waals surface area contributed by atoms with Gasteiger partial charge in [0.25, 0.3) is 5.91 Å². The van der Waals surface area contributed by atoms with Gasteiger partial charge in [0.15, 0.2) is 5.11 Å². The van der Waals surface area contributed by atoms with Crippen molar-refractivity contribution in [3.8, 4) is 11.5 Å². The fourth-order valence-corrected chi connectivity index (χ4v) is 2.72. The van der Waals surface area contributed by atoms with Crippen LogP contribution in [0.25, 0.3) is 0 Å². The maximum Gasteiger partial charge on any atom is 0.257 e. The molecule has 1 aromatic carbocycles. The lowest BCUT2D eigenvalue weighted by Crippen LogP contribution is -2.34. The third-order valence-electron chi connectivity index (χ3n) is 3.12. The first-order valence-corrected chi connectivity index (χ1v) is 8.39. The summed E-state index contributed by atoms with van der Waals surface area (Å²) in [5.74, 6) is 1.28. The first-order chi connectivity index (χ1) is 11.4. The molecule has 0 radical (unpaired) electrons. The van der Waals surface area contributed by atoms with Gasteiger partial charge < -0.3 is 14.8 Å². The summed E-state index contributed by atoms with van der Waals surface area (Å²) in [6.07, 6.45) is 1.72. The second-order valence-electron chi connectivity index (χ2n) is 4.83. The van der Waals surface area contributed by atoms with Gasteiger partial charge in [-0.25, -0.2) is 4.98 Å². The van der Waals surface area contributed by atoms with Crippen molar-refractivity contribution in [2.45, 2.75) is 6.92 Å². The molecule has 0 fully saturated rings. The average molecular weight is 457 g/mol. The standard InChI is InChI=1S/C16H16IN3O3S/c1-9-4-11(17)8-18-14(9)19-16(24)20-15(21)10-5-12(22-2)7-13(6-10)23-3/h4-8H,1-3H3,(H2,18,19,20,21,24). The molecule has 0 aliphatic heterocycles. The van der Waals surface area contributed by atoms with E-state index in [4.69, 9.17) is 21.7 Å². The number of ether oxygens (including phenoxy) is 2. The Kier molecular flexibility index (Phi) is 6.32. The van der Waals surface area contributed by atoms with E-state index < -0.39 is 0 Å². The number of carbonyl (C=O) groups excluding carboxylic acids is 1. The van der Waals surface area contributed by atoms with Gasteiger partial charge in [0.05, 0.1) is 14.2 Å². The summed E-state index contributed by atoms with van der Waals surface area (Å²) in [5, 5.41) is 5.70. The molecule has 1 aromatic heterocycles. The van der Waals surface area contributed by atoms with Crippen molar-refractivity contribution in [1.29, 1.82) is 0 Å². The highest BCUT2D eigenvalue weighted by molar-refractivity contribution is 14.1. The highest BCUT2D eigenvalue weighted by Crippen LogP contribution is 2.22. The van der Waals surface area contributed by atoms with Crippen LogP contribution in [0.1, 0.15) is 15.9 Å². The van der Waals surface area contributed by atoms with Gasteiger partial charge in [-0.2, -0.15) is 0 Å². The molecule has 2 rings (SSSR count). The summed E-state index contributed by atoms with van der Waals surface area (Å²) in [5.41, 5.74) is 1.31. The van der Waals surface area contributed by atoms with Gasteiger partial charge in [0.2, 0.25) is 0 Å². The molecule has 0 bridgehead atoms. The van der Waals surface area contributed by atoms with Crippen LogP contribution in [0, 0.1) is 10.5 Å². The largest absolute Gasteiger partial charge is 0.497 e. The van der Waals surface area contributed by atoms with E-state index in [-0.39, 0.29) is 11.0 Å². The van der Waals surface area contributed by atoms with Crippen molar-refractivity contribution in [2.75, 3.05) is 19.5 Å². The zero-order chi connectivity index (χ0) is 17.7. The Morgan fingerprint density at radius 2 is 1.79 bits per heavy atom. The number of amides is 1. The first kappa shape index (κ1) is 18.4. The monoisotopic (exact) mass is 457 g/mol. The van der Waals surface area contributed by atoms with Gasteiger partial charge in [-0.1, -0.05) is 0 Å². The summed E-state index contributed by atoms with van der Waals surface area (Å²) >= 11 is 7.36. The summed E-state index contributed by atoms with van der Waals surface area (Å²) in [6, 6.07) is 6.86. The number of benzene rings is 1. The lowest BCUT2D eigenvalue weighted by molar-refractivity contribution is 0.0977. The number of aromatic nitrogens is 1. The number of carbonyl (C=O) groups is 1. The predicted molar refractivity (Wildman–Crippen MR) is 105 cm³/mol. The number of thiocarbonyl (C=S) groups is 1. The van der Waals surface area contributed by atoms with Crippen LogP contribution in [-0.4, -0.2) is 30.2 Å². The summed E-state index contributed by atoms with van der Waals surface area (Å²) < 4.78 is 11.3. The Balaban J connectivity index is 2.10. The average Bonchev–Trinajstić information content (AvgIpc) is 2.56. The van der Waals surface area contributed by atoms with Crippen molar-refractivity contribution < 1.29 is 14.3 Å². The van der Waals surface area contributed by atoms with Gasteiger partial charge in [-0.05, 0) is 65.5 Å². The fraction of sp³-hybridized carbons (Fsp3) is 0.188. The second-order valence-corrected chi connectivity index (χ2v) is 6.48. The van der Waals surface area contributed by atoms with Gasteiger partial charge in [0.1, 0.15) is 17.3 Å². The van der Waals surface area contributed by atoms with E-state index in [1.54, 1.807) is 24.4 Å². The van der Waals surface area contributed by atoms with E-state index in [0.29, 0.717) is 22.9 Å². The predicted octanol–water partition coefficient (Wildman–Crippen LogP) is 3.14. The molecule has 2 aromatic rings. The zero-order valence-corrected chi connectivity index (χ0v) is 16.3. The molecular weight excluding hydrogens is 441 g/mol. The minimum atomic E-state index is -0.368. The molecule has 1 amide bonds. The number of hydrogen-bond acceptors (Lipinski definition) is 5. The van der Waals surface area contributed by atoms with Crippen LogP contribution < -0.4 is 20.1 Å². The van der Waals surface area contributed by atoms with Crippen LogP contribution >= 0.6 is 34.8 Å². The Morgan fingerprint density at radius 3 is 2.33 bits per heavy atom. The van der Waals surface area contributed by atoms with Gasteiger partial charge in [-0.3, -0.25) is 10.1 Å². The molecule has 0 aliphatic rings.